The highest BCUT2D eigenvalue weighted by atomic mass is 16.4. The fraction of sp³-hybridized carbons (Fsp3) is 0.286. The zero-order valence-electron chi connectivity index (χ0n) is 11.6. The first kappa shape index (κ1) is 14.7. The molecule has 21 heavy (non-hydrogen) atoms. The second-order valence-electron chi connectivity index (χ2n) is 4.57. The molecule has 0 unspecified atom stereocenters. The Bertz CT molecular complexity index is 651. The van der Waals surface area contributed by atoms with Gasteiger partial charge >= 0.3 is 5.97 Å². The van der Waals surface area contributed by atoms with Gasteiger partial charge in [0.1, 0.15) is 6.33 Å². The third-order valence-electron chi connectivity index (χ3n) is 2.92. The molecular weight excluding hydrogens is 272 g/mol. The summed E-state index contributed by atoms with van der Waals surface area (Å²) in [6, 6.07) is 6.97. The molecule has 0 aliphatic rings. The van der Waals surface area contributed by atoms with Crippen molar-refractivity contribution in [3.63, 3.8) is 0 Å². The van der Waals surface area contributed by atoms with Gasteiger partial charge in [-0.3, -0.25) is 14.3 Å². The molecule has 0 spiro atoms. The van der Waals surface area contributed by atoms with Gasteiger partial charge in [-0.25, -0.2) is 4.98 Å². The smallest absolute Gasteiger partial charge is 0.303 e. The number of carboxylic acid groups (broad SMARTS) is 1. The molecule has 0 saturated heterocycles. The summed E-state index contributed by atoms with van der Waals surface area (Å²) in [5, 5.41) is 15.5. The number of nitrogens with one attached hydrogen (secondary N) is 1. The Morgan fingerprint density at radius 3 is 2.76 bits per heavy atom. The quantitative estimate of drug-likeness (QED) is 0.818. The van der Waals surface area contributed by atoms with Crippen molar-refractivity contribution in [3.05, 3.63) is 47.5 Å². The highest BCUT2D eigenvalue weighted by molar-refractivity contribution is 5.95. The Hall–Kier alpha value is -2.70. The average Bonchev–Trinajstić information content (AvgIpc) is 2.88. The summed E-state index contributed by atoms with van der Waals surface area (Å²) >= 11 is 0. The lowest BCUT2D eigenvalue weighted by Crippen LogP contribution is -2.24. The van der Waals surface area contributed by atoms with Crippen molar-refractivity contribution in [3.8, 4) is 0 Å². The first-order valence-corrected chi connectivity index (χ1v) is 6.48. The number of carboxylic acids is 1. The van der Waals surface area contributed by atoms with Crippen LogP contribution in [0.1, 0.15) is 28.2 Å². The minimum Gasteiger partial charge on any atom is -0.481 e. The second-order valence-corrected chi connectivity index (χ2v) is 4.57. The van der Waals surface area contributed by atoms with Crippen LogP contribution in [0.2, 0.25) is 0 Å². The summed E-state index contributed by atoms with van der Waals surface area (Å²) < 4.78 is 1.56. The van der Waals surface area contributed by atoms with Crippen LogP contribution in [0.3, 0.4) is 0 Å². The van der Waals surface area contributed by atoms with Crippen LogP contribution >= 0.6 is 0 Å². The third kappa shape index (κ3) is 4.13. The Morgan fingerprint density at radius 1 is 1.33 bits per heavy atom. The van der Waals surface area contributed by atoms with Crippen LogP contribution in [0, 0.1) is 0 Å². The molecule has 0 radical (unpaired) electrons. The number of benzene rings is 1. The van der Waals surface area contributed by atoms with Crippen molar-refractivity contribution in [1.29, 1.82) is 0 Å². The summed E-state index contributed by atoms with van der Waals surface area (Å²) in [4.78, 5) is 26.8. The molecule has 1 heterocycles. The van der Waals surface area contributed by atoms with Gasteiger partial charge in [0.05, 0.1) is 6.54 Å². The van der Waals surface area contributed by atoms with Crippen molar-refractivity contribution < 1.29 is 14.7 Å². The van der Waals surface area contributed by atoms with Gasteiger partial charge in [0, 0.05) is 19.0 Å². The van der Waals surface area contributed by atoms with E-state index in [-0.39, 0.29) is 18.9 Å². The van der Waals surface area contributed by atoms with E-state index in [0.717, 1.165) is 0 Å². The van der Waals surface area contributed by atoms with Crippen LogP contribution in [0.25, 0.3) is 0 Å². The molecule has 0 saturated carbocycles. The zero-order chi connectivity index (χ0) is 15.2. The number of hydrogen-bond acceptors (Lipinski definition) is 4. The minimum atomic E-state index is -0.886. The van der Waals surface area contributed by atoms with Gasteiger partial charge in [0.2, 0.25) is 0 Å². The second kappa shape index (κ2) is 6.65. The van der Waals surface area contributed by atoms with Crippen LogP contribution in [0.5, 0.6) is 0 Å². The summed E-state index contributed by atoms with van der Waals surface area (Å²) in [6.07, 6.45) is 1.87. The molecule has 1 aromatic carbocycles. The lowest BCUT2D eigenvalue weighted by atomic mass is 10.0. The summed E-state index contributed by atoms with van der Waals surface area (Å²) in [5.74, 6) is -0.625. The predicted octanol–water partition coefficient (Wildman–Crippen LogP) is 0.762. The maximum absolute atomic E-state index is 12.2. The molecule has 0 aliphatic heterocycles. The monoisotopic (exact) mass is 288 g/mol. The van der Waals surface area contributed by atoms with Crippen molar-refractivity contribution in [2.75, 3.05) is 0 Å². The first-order chi connectivity index (χ1) is 10.1. The molecule has 2 aromatic rings. The van der Waals surface area contributed by atoms with E-state index in [2.05, 4.69) is 15.4 Å². The van der Waals surface area contributed by atoms with E-state index in [1.54, 1.807) is 42.3 Å². The number of carbonyl (C=O) groups is 2. The number of hydrogen-bond donors (Lipinski definition) is 2. The van der Waals surface area contributed by atoms with Crippen molar-refractivity contribution in [1.82, 2.24) is 20.1 Å². The van der Waals surface area contributed by atoms with Crippen LogP contribution < -0.4 is 5.32 Å². The highest BCUT2D eigenvalue weighted by Crippen LogP contribution is 2.11. The van der Waals surface area contributed by atoms with Crippen LogP contribution in [0.15, 0.2) is 30.6 Å². The lowest BCUT2D eigenvalue weighted by molar-refractivity contribution is -0.136. The van der Waals surface area contributed by atoms with Crippen molar-refractivity contribution >= 4 is 11.9 Å². The SMILES string of the molecule is Cn1cnc(CNC(=O)c2ccccc2CCC(=O)O)n1. The molecule has 7 heteroatoms. The van der Waals surface area contributed by atoms with Gasteiger partial charge in [0.25, 0.3) is 5.91 Å². The van der Waals surface area contributed by atoms with Gasteiger partial charge in [-0.05, 0) is 18.1 Å². The number of aliphatic carboxylic acids is 1. The highest BCUT2D eigenvalue weighted by Gasteiger charge is 2.12. The Kier molecular flexibility index (Phi) is 4.65. The molecule has 2 rings (SSSR count). The molecule has 110 valence electrons. The van der Waals surface area contributed by atoms with Gasteiger partial charge in [0.15, 0.2) is 5.82 Å². The molecule has 1 aromatic heterocycles. The number of rotatable bonds is 6. The summed E-state index contributed by atoms with van der Waals surface area (Å²) in [5.41, 5.74) is 1.20. The summed E-state index contributed by atoms with van der Waals surface area (Å²) in [7, 11) is 1.75. The number of aromatic nitrogens is 3. The molecule has 7 nitrogen and oxygen atoms in total. The number of aryl methyl sites for hydroxylation is 2. The van der Waals surface area contributed by atoms with E-state index in [1.807, 2.05) is 0 Å². The van der Waals surface area contributed by atoms with Crippen molar-refractivity contribution in [2.24, 2.45) is 7.05 Å². The van der Waals surface area contributed by atoms with E-state index in [4.69, 9.17) is 5.11 Å². The maximum Gasteiger partial charge on any atom is 0.303 e. The molecule has 0 atom stereocenters. The molecular formula is C14H16N4O3. The van der Waals surface area contributed by atoms with Gasteiger partial charge in [-0.2, -0.15) is 5.10 Å². The van der Waals surface area contributed by atoms with E-state index in [1.165, 1.54) is 0 Å². The van der Waals surface area contributed by atoms with Crippen LogP contribution in [-0.2, 0) is 24.8 Å². The van der Waals surface area contributed by atoms with E-state index in [9.17, 15) is 9.59 Å². The van der Waals surface area contributed by atoms with Crippen LogP contribution in [0.4, 0.5) is 0 Å². The van der Waals surface area contributed by atoms with E-state index in [0.29, 0.717) is 23.4 Å². The molecule has 2 N–H and O–H groups in total. The summed E-state index contributed by atoms with van der Waals surface area (Å²) in [6.45, 7) is 0.229. The van der Waals surface area contributed by atoms with Gasteiger partial charge in [-0.15, -0.1) is 0 Å². The Morgan fingerprint density at radius 2 is 2.10 bits per heavy atom. The van der Waals surface area contributed by atoms with E-state index >= 15 is 0 Å². The van der Waals surface area contributed by atoms with Crippen LogP contribution in [-0.4, -0.2) is 31.7 Å². The van der Waals surface area contributed by atoms with E-state index < -0.39 is 5.97 Å². The maximum atomic E-state index is 12.2. The topological polar surface area (TPSA) is 97.1 Å². The number of nitrogens with zero attached hydrogens (tertiary/aromatic N) is 3. The number of carbonyl (C=O) groups excluding carboxylic acids is 1. The van der Waals surface area contributed by atoms with Crippen molar-refractivity contribution in [2.45, 2.75) is 19.4 Å². The van der Waals surface area contributed by atoms with Gasteiger partial charge < -0.3 is 10.4 Å². The predicted molar refractivity (Wildman–Crippen MR) is 74.6 cm³/mol. The third-order valence-corrected chi connectivity index (χ3v) is 2.92. The first-order valence-electron chi connectivity index (χ1n) is 6.48. The standard InChI is InChI=1S/C14H16N4O3/c1-18-9-16-12(17-18)8-15-14(21)11-5-3-2-4-10(11)6-7-13(19)20/h2-5,9H,6-8H2,1H3,(H,15,21)(H,19,20). The fourth-order valence-corrected chi connectivity index (χ4v) is 1.92. The normalized spacial score (nSPS) is 10.3. The molecule has 1 amide bonds. The largest absolute Gasteiger partial charge is 0.481 e. The Labute approximate surface area is 121 Å². The zero-order valence-corrected chi connectivity index (χ0v) is 11.6. The molecule has 0 bridgehead atoms. The Balaban J connectivity index is 2.02. The van der Waals surface area contributed by atoms with Gasteiger partial charge in [-0.1, -0.05) is 18.2 Å². The molecule has 0 fully saturated rings. The molecule has 0 aliphatic carbocycles. The number of amides is 1. The fourth-order valence-electron chi connectivity index (χ4n) is 1.92. The lowest BCUT2D eigenvalue weighted by Gasteiger charge is -2.08. The average molecular weight is 288 g/mol. The minimum absolute atomic E-state index is 0.00785.